The molecule has 3 rings (SSSR count). The molecule has 0 saturated carbocycles. The lowest BCUT2D eigenvalue weighted by Gasteiger charge is -2.21. The van der Waals surface area contributed by atoms with E-state index in [9.17, 15) is 4.79 Å². The third kappa shape index (κ3) is 4.63. The molecule has 28 heavy (non-hydrogen) atoms. The molecule has 5 nitrogen and oxygen atoms in total. The first kappa shape index (κ1) is 20.6. The highest BCUT2D eigenvalue weighted by molar-refractivity contribution is 7.22. The Hall–Kier alpha value is -2.15. The minimum atomic E-state index is -0.138. The Bertz CT molecular complexity index is 958. The van der Waals surface area contributed by atoms with Crippen molar-refractivity contribution in [1.82, 2.24) is 9.88 Å². The summed E-state index contributed by atoms with van der Waals surface area (Å²) in [5.74, 6) is 0.599. The first-order valence-corrected chi connectivity index (χ1v) is 10.4. The summed E-state index contributed by atoms with van der Waals surface area (Å²) in [5, 5.41) is 1.10. The van der Waals surface area contributed by atoms with Gasteiger partial charge in [-0.3, -0.25) is 9.69 Å². The van der Waals surface area contributed by atoms with Gasteiger partial charge in [-0.15, -0.1) is 0 Å². The van der Waals surface area contributed by atoms with E-state index in [2.05, 4.69) is 4.90 Å². The van der Waals surface area contributed by atoms with Gasteiger partial charge in [0, 0.05) is 6.54 Å². The Labute approximate surface area is 174 Å². The van der Waals surface area contributed by atoms with Crippen molar-refractivity contribution in [2.45, 2.75) is 13.3 Å². The van der Waals surface area contributed by atoms with Crippen LogP contribution in [0.5, 0.6) is 5.75 Å². The van der Waals surface area contributed by atoms with E-state index in [0.29, 0.717) is 28.9 Å². The van der Waals surface area contributed by atoms with E-state index in [0.717, 1.165) is 28.9 Å². The summed E-state index contributed by atoms with van der Waals surface area (Å²) in [7, 11) is 4.04. The maximum Gasteiger partial charge on any atom is 0.261 e. The zero-order valence-electron chi connectivity index (χ0n) is 16.3. The maximum absolute atomic E-state index is 13.3. The van der Waals surface area contributed by atoms with Gasteiger partial charge in [-0.1, -0.05) is 41.1 Å². The Morgan fingerprint density at radius 2 is 1.93 bits per heavy atom. The van der Waals surface area contributed by atoms with E-state index >= 15 is 0 Å². The Morgan fingerprint density at radius 3 is 2.64 bits per heavy atom. The van der Waals surface area contributed by atoms with Gasteiger partial charge in [-0.2, -0.15) is 0 Å². The van der Waals surface area contributed by atoms with Gasteiger partial charge in [0.15, 0.2) is 5.13 Å². The molecule has 0 aliphatic heterocycles. The van der Waals surface area contributed by atoms with Gasteiger partial charge in [0.1, 0.15) is 11.3 Å². The molecule has 2 aromatic carbocycles. The number of thiazole rings is 1. The van der Waals surface area contributed by atoms with Crippen LogP contribution >= 0.6 is 22.9 Å². The zero-order chi connectivity index (χ0) is 20.1. The fraction of sp³-hybridized carbons (Fsp3) is 0.333. The van der Waals surface area contributed by atoms with Crippen LogP contribution in [-0.2, 0) is 0 Å². The van der Waals surface area contributed by atoms with Crippen LogP contribution in [0, 0.1) is 0 Å². The number of anilines is 1. The topological polar surface area (TPSA) is 45.7 Å². The lowest BCUT2D eigenvalue weighted by Crippen LogP contribution is -2.33. The fourth-order valence-electron chi connectivity index (χ4n) is 2.91. The van der Waals surface area contributed by atoms with E-state index in [1.54, 1.807) is 17.0 Å². The van der Waals surface area contributed by atoms with Crippen LogP contribution in [0.15, 0.2) is 42.5 Å². The van der Waals surface area contributed by atoms with E-state index in [1.807, 2.05) is 51.4 Å². The van der Waals surface area contributed by atoms with E-state index < -0.39 is 0 Å². The first-order valence-electron chi connectivity index (χ1n) is 9.24. The van der Waals surface area contributed by atoms with E-state index in [4.69, 9.17) is 21.3 Å². The Balaban J connectivity index is 1.98. The molecule has 0 fully saturated rings. The van der Waals surface area contributed by atoms with Crippen LogP contribution in [0.2, 0.25) is 5.02 Å². The van der Waals surface area contributed by atoms with Crippen LogP contribution in [0.4, 0.5) is 5.13 Å². The second kappa shape index (κ2) is 9.37. The Kier molecular flexibility index (Phi) is 6.88. The number of ether oxygens (including phenoxy) is 1. The number of amides is 1. The van der Waals surface area contributed by atoms with E-state index in [-0.39, 0.29) is 5.91 Å². The highest BCUT2D eigenvalue weighted by Crippen LogP contribution is 2.35. The first-order chi connectivity index (χ1) is 13.5. The molecule has 0 atom stereocenters. The van der Waals surface area contributed by atoms with Gasteiger partial charge in [0.25, 0.3) is 5.91 Å². The van der Waals surface area contributed by atoms with Gasteiger partial charge in [-0.25, -0.2) is 4.98 Å². The standard InChI is InChI=1S/C21H24ClN3O2S/c1-4-27-17-11-7-12-18-19(17)23-21(28-18)25(14-8-13-24(2)3)20(26)15-9-5-6-10-16(15)22/h5-7,9-12H,4,8,13-14H2,1-3H3. The summed E-state index contributed by atoms with van der Waals surface area (Å²) in [5.41, 5.74) is 1.27. The zero-order valence-corrected chi connectivity index (χ0v) is 17.9. The van der Waals surface area contributed by atoms with Crippen LogP contribution in [0.3, 0.4) is 0 Å². The molecule has 1 amide bonds. The molecule has 0 aliphatic rings. The Morgan fingerprint density at radius 1 is 1.14 bits per heavy atom. The number of halogens is 1. The van der Waals surface area contributed by atoms with E-state index in [1.165, 1.54) is 11.3 Å². The molecular formula is C21H24ClN3O2S. The molecule has 148 valence electrons. The number of aromatic nitrogens is 1. The number of carbonyl (C=O) groups excluding carboxylic acids is 1. The predicted molar refractivity (Wildman–Crippen MR) is 117 cm³/mol. The molecule has 0 bridgehead atoms. The normalized spacial score (nSPS) is 11.2. The lowest BCUT2D eigenvalue weighted by atomic mass is 10.2. The van der Waals surface area contributed by atoms with Gasteiger partial charge in [-0.05, 0) is 58.3 Å². The average molecular weight is 418 g/mol. The lowest BCUT2D eigenvalue weighted by molar-refractivity contribution is 0.0986. The van der Waals surface area contributed by atoms with Crippen molar-refractivity contribution in [3.63, 3.8) is 0 Å². The van der Waals surface area contributed by atoms with Crippen molar-refractivity contribution in [2.24, 2.45) is 0 Å². The van der Waals surface area contributed by atoms with Crippen LogP contribution in [-0.4, -0.2) is 49.6 Å². The number of hydrogen-bond acceptors (Lipinski definition) is 5. The number of carbonyl (C=O) groups is 1. The summed E-state index contributed by atoms with van der Waals surface area (Å²) in [6.45, 7) is 3.95. The third-order valence-electron chi connectivity index (χ3n) is 4.24. The van der Waals surface area contributed by atoms with Crippen molar-refractivity contribution in [1.29, 1.82) is 0 Å². The average Bonchev–Trinajstić information content (AvgIpc) is 3.10. The van der Waals surface area contributed by atoms with Crippen molar-refractivity contribution < 1.29 is 9.53 Å². The second-order valence-electron chi connectivity index (χ2n) is 6.63. The predicted octanol–water partition coefficient (Wildman–Crippen LogP) is 4.95. The molecule has 0 N–H and O–H groups in total. The van der Waals surface area contributed by atoms with Crippen LogP contribution in [0.1, 0.15) is 23.7 Å². The number of nitrogens with zero attached hydrogens (tertiary/aromatic N) is 3. The smallest absolute Gasteiger partial charge is 0.261 e. The minimum absolute atomic E-state index is 0.138. The summed E-state index contributed by atoms with van der Waals surface area (Å²) in [6.07, 6.45) is 0.831. The summed E-state index contributed by atoms with van der Waals surface area (Å²) >= 11 is 7.78. The summed E-state index contributed by atoms with van der Waals surface area (Å²) in [6, 6.07) is 13.0. The van der Waals surface area contributed by atoms with Crippen molar-refractivity contribution in [3.05, 3.63) is 53.1 Å². The van der Waals surface area contributed by atoms with Crippen molar-refractivity contribution >= 4 is 44.2 Å². The van der Waals surface area contributed by atoms with Crippen LogP contribution < -0.4 is 9.64 Å². The monoisotopic (exact) mass is 417 g/mol. The maximum atomic E-state index is 13.3. The molecule has 7 heteroatoms. The number of hydrogen-bond donors (Lipinski definition) is 0. The summed E-state index contributed by atoms with van der Waals surface area (Å²) in [4.78, 5) is 21.9. The number of para-hydroxylation sites is 1. The summed E-state index contributed by atoms with van der Waals surface area (Å²) < 4.78 is 6.69. The van der Waals surface area contributed by atoms with Gasteiger partial charge in [0.05, 0.1) is 21.9 Å². The molecule has 0 radical (unpaired) electrons. The minimum Gasteiger partial charge on any atom is -0.492 e. The molecule has 0 unspecified atom stereocenters. The van der Waals surface area contributed by atoms with Gasteiger partial charge in [0.2, 0.25) is 0 Å². The second-order valence-corrected chi connectivity index (χ2v) is 8.04. The molecule has 3 aromatic rings. The fourth-order valence-corrected chi connectivity index (χ4v) is 4.13. The highest BCUT2D eigenvalue weighted by atomic mass is 35.5. The molecular weight excluding hydrogens is 394 g/mol. The molecule has 0 saturated heterocycles. The SMILES string of the molecule is CCOc1cccc2sc(N(CCCN(C)C)C(=O)c3ccccc3Cl)nc12. The van der Waals surface area contributed by atoms with Gasteiger partial charge < -0.3 is 9.64 Å². The van der Waals surface area contributed by atoms with Crippen LogP contribution in [0.25, 0.3) is 10.2 Å². The quantitative estimate of drug-likeness (QED) is 0.520. The molecule has 1 aromatic heterocycles. The van der Waals surface area contributed by atoms with Gasteiger partial charge >= 0.3 is 0 Å². The van der Waals surface area contributed by atoms with Crippen molar-refractivity contribution in [3.8, 4) is 5.75 Å². The highest BCUT2D eigenvalue weighted by Gasteiger charge is 2.23. The molecule has 0 spiro atoms. The largest absolute Gasteiger partial charge is 0.492 e. The molecule has 0 aliphatic carbocycles. The number of benzene rings is 2. The number of fused-ring (bicyclic) bond motifs is 1. The molecule has 1 heterocycles. The number of rotatable bonds is 8. The van der Waals surface area contributed by atoms with Crippen molar-refractivity contribution in [2.75, 3.05) is 38.7 Å². The third-order valence-corrected chi connectivity index (χ3v) is 5.61.